The molecule has 0 aliphatic carbocycles. The molecule has 0 heterocycles. The maximum absolute atomic E-state index is 14.9. The van der Waals surface area contributed by atoms with Gasteiger partial charge in [0.25, 0.3) is 0 Å². The van der Waals surface area contributed by atoms with Crippen molar-refractivity contribution in [2.24, 2.45) is 0 Å². The van der Waals surface area contributed by atoms with Gasteiger partial charge in [-0.25, -0.2) is 0 Å². The third-order valence-corrected chi connectivity index (χ3v) is 10.1. The highest BCUT2D eigenvalue weighted by atomic mass is 19.4. The molecule has 0 N–H and O–H groups in total. The SMILES string of the molecule is FC(F)(F)c1cc(-c2ccc3c4ccccc4c4ccccc4c3c2)ccc1-c1cccc(-c2cccc(-c3ccc(-c4ccccc4)cc3)c2)c1. The second kappa shape index (κ2) is 12.7. The number of benzene rings is 9. The van der Waals surface area contributed by atoms with Crippen LogP contribution in [-0.2, 0) is 6.18 Å². The average molecular weight is 677 g/mol. The second-order valence-corrected chi connectivity index (χ2v) is 13.2. The van der Waals surface area contributed by atoms with Crippen molar-refractivity contribution in [3.05, 3.63) is 194 Å². The van der Waals surface area contributed by atoms with E-state index in [1.165, 1.54) is 6.07 Å². The average Bonchev–Trinajstić information content (AvgIpc) is 3.21. The van der Waals surface area contributed by atoms with Gasteiger partial charge in [-0.1, -0.05) is 164 Å². The van der Waals surface area contributed by atoms with Gasteiger partial charge >= 0.3 is 6.18 Å². The highest BCUT2D eigenvalue weighted by Gasteiger charge is 2.34. The Bertz CT molecular complexity index is 2720. The van der Waals surface area contributed by atoms with Crippen LogP contribution in [0.1, 0.15) is 5.56 Å². The highest BCUT2D eigenvalue weighted by molar-refractivity contribution is 6.25. The summed E-state index contributed by atoms with van der Waals surface area (Å²) in [6.45, 7) is 0. The van der Waals surface area contributed by atoms with Crippen LogP contribution in [0.25, 0.3) is 88.0 Å². The Kier molecular flexibility index (Phi) is 7.70. The molecule has 0 saturated heterocycles. The molecule has 0 aromatic heterocycles. The van der Waals surface area contributed by atoms with Crippen LogP contribution in [0.5, 0.6) is 0 Å². The summed E-state index contributed by atoms with van der Waals surface area (Å²) < 4.78 is 44.6. The van der Waals surface area contributed by atoms with E-state index in [0.29, 0.717) is 11.1 Å². The van der Waals surface area contributed by atoms with Crippen molar-refractivity contribution in [3.63, 3.8) is 0 Å². The molecule has 248 valence electrons. The lowest BCUT2D eigenvalue weighted by Crippen LogP contribution is -2.07. The molecule has 0 radical (unpaired) electrons. The Morgan fingerprint density at radius 2 is 0.615 bits per heavy atom. The van der Waals surface area contributed by atoms with Crippen molar-refractivity contribution in [1.29, 1.82) is 0 Å². The number of hydrogen-bond donors (Lipinski definition) is 0. The first-order chi connectivity index (χ1) is 25.4. The first-order valence-corrected chi connectivity index (χ1v) is 17.3. The molecule has 52 heavy (non-hydrogen) atoms. The normalized spacial score (nSPS) is 11.8. The summed E-state index contributed by atoms with van der Waals surface area (Å²) in [4.78, 5) is 0. The number of rotatable bonds is 5. The van der Waals surface area contributed by atoms with Gasteiger partial charge in [0.05, 0.1) is 5.56 Å². The fourth-order valence-corrected chi connectivity index (χ4v) is 7.53. The fourth-order valence-electron chi connectivity index (χ4n) is 7.53. The molecular weight excluding hydrogens is 646 g/mol. The number of hydrogen-bond acceptors (Lipinski definition) is 0. The predicted octanol–water partition coefficient (Wildman–Crippen LogP) is 14.5. The van der Waals surface area contributed by atoms with Gasteiger partial charge in [-0.15, -0.1) is 0 Å². The van der Waals surface area contributed by atoms with Gasteiger partial charge in [-0.05, 0) is 112 Å². The minimum Gasteiger partial charge on any atom is -0.166 e. The molecule has 0 amide bonds. The maximum Gasteiger partial charge on any atom is 0.417 e. The van der Waals surface area contributed by atoms with E-state index in [9.17, 15) is 13.2 Å². The minimum absolute atomic E-state index is 0.156. The quantitative estimate of drug-likeness (QED) is 0.159. The van der Waals surface area contributed by atoms with Gasteiger partial charge in [0.1, 0.15) is 0 Å². The zero-order valence-corrected chi connectivity index (χ0v) is 28.0. The maximum atomic E-state index is 14.9. The summed E-state index contributed by atoms with van der Waals surface area (Å²) in [6, 6.07) is 61.5. The largest absolute Gasteiger partial charge is 0.417 e. The van der Waals surface area contributed by atoms with Gasteiger partial charge in [0.2, 0.25) is 0 Å². The topological polar surface area (TPSA) is 0 Å². The molecule has 9 aromatic rings. The minimum atomic E-state index is -4.55. The summed E-state index contributed by atoms with van der Waals surface area (Å²) in [5, 5.41) is 6.59. The van der Waals surface area contributed by atoms with Crippen LogP contribution in [0, 0.1) is 0 Å². The molecule has 0 nitrogen and oxygen atoms in total. The van der Waals surface area contributed by atoms with E-state index in [2.05, 4.69) is 72.8 Å². The van der Waals surface area contributed by atoms with E-state index in [1.54, 1.807) is 18.2 Å². The molecule has 0 saturated carbocycles. The van der Waals surface area contributed by atoms with E-state index >= 15 is 0 Å². The number of alkyl halides is 3. The van der Waals surface area contributed by atoms with Crippen molar-refractivity contribution in [3.8, 4) is 55.6 Å². The molecule has 3 heteroatoms. The molecule has 0 aliphatic heterocycles. The predicted molar refractivity (Wildman–Crippen MR) is 211 cm³/mol. The molecule has 9 rings (SSSR count). The van der Waals surface area contributed by atoms with Crippen LogP contribution in [-0.4, -0.2) is 0 Å². The van der Waals surface area contributed by atoms with Gasteiger partial charge < -0.3 is 0 Å². The summed E-state index contributed by atoms with van der Waals surface area (Å²) in [7, 11) is 0. The Morgan fingerprint density at radius 3 is 1.21 bits per heavy atom. The van der Waals surface area contributed by atoms with Gasteiger partial charge in [-0.3, -0.25) is 0 Å². The zero-order chi connectivity index (χ0) is 35.2. The smallest absolute Gasteiger partial charge is 0.166 e. The van der Waals surface area contributed by atoms with Crippen molar-refractivity contribution >= 4 is 32.3 Å². The van der Waals surface area contributed by atoms with Crippen LogP contribution in [0.3, 0.4) is 0 Å². The fraction of sp³-hybridized carbons (Fsp3) is 0.0204. The van der Waals surface area contributed by atoms with Gasteiger partial charge in [0, 0.05) is 0 Å². The van der Waals surface area contributed by atoms with Crippen molar-refractivity contribution in [1.82, 2.24) is 0 Å². The molecule has 0 bridgehead atoms. The summed E-state index contributed by atoms with van der Waals surface area (Å²) in [6.07, 6.45) is -4.55. The zero-order valence-electron chi connectivity index (χ0n) is 28.0. The van der Waals surface area contributed by atoms with Crippen LogP contribution >= 0.6 is 0 Å². The molecule has 0 unspecified atom stereocenters. The lowest BCUT2D eigenvalue weighted by molar-refractivity contribution is -0.137. The Labute approximate surface area is 300 Å². The van der Waals surface area contributed by atoms with Gasteiger partial charge in [0.15, 0.2) is 0 Å². The summed E-state index contributed by atoms with van der Waals surface area (Å²) in [5.74, 6) is 0. The molecule has 9 aromatic carbocycles. The first kappa shape index (κ1) is 31.5. The third-order valence-electron chi connectivity index (χ3n) is 10.1. The number of fused-ring (bicyclic) bond motifs is 6. The van der Waals surface area contributed by atoms with Crippen LogP contribution in [0.15, 0.2) is 188 Å². The van der Waals surface area contributed by atoms with E-state index in [0.717, 1.165) is 71.3 Å². The molecule has 0 aliphatic rings. The van der Waals surface area contributed by atoms with Crippen molar-refractivity contribution in [2.45, 2.75) is 6.18 Å². The Morgan fingerprint density at radius 1 is 0.250 bits per heavy atom. The lowest BCUT2D eigenvalue weighted by Gasteiger charge is -2.17. The first-order valence-electron chi connectivity index (χ1n) is 17.3. The second-order valence-electron chi connectivity index (χ2n) is 13.2. The van der Waals surface area contributed by atoms with Crippen LogP contribution in [0.4, 0.5) is 13.2 Å². The number of halogens is 3. The summed E-state index contributed by atoms with van der Waals surface area (Å²) in [5.41, 5.74) is 7.49. The standard InChI is InChI=1S/C49H31F3/c50-49(51,52)48-31-39(38-25-27-46-44-18-5-4-16-42(44)43-17-6-7-19-45(43)47(46)30-38)24-26-41(48)40-15-9-14-37(29-40)36-13-8-12-35(28-36)34-22-20-33(21-23-34)32-10-2-1-3-11-32/h1-31H. The van der Waals surface area contributed by atoms with Crippen LogP contribution < -0.4 is 0 Å². The summed E-state index contributed by atoms with van der Waals surface area (Å²) >= 11 is 0. The highest BCUT2D eigenvalue weighted by Crippen LogP contribution is 2.42. The third kappa shape index (κ3) is 5.71. The molecular formula is C49H31F3. The lowest BCUT2D eigenvalue weighted by atomic mass is 9.90. The van der Waals surface area contributed by atoms with Crippen molar-refractivity contribution < 1.29 is 13.2 Å². The van der Waals surface area contributed by atoms with E-state index in [4.69, 9.17) is 0 Å². The Balaban J connectivity index is 1.09. The van der Waals surface area contributed by atoms with Crippen LogP contribution in [0.2, 0.25) is 0 Å². The molecule has 0 atom stereocenters. The van der Waals surface area contributed by atoms with E-state index in [-0.39, 0.29) is 5.56 Å². The van der Waals surface area contributed by atoms with Gasteiger partial charge in [-0.2, -0.15) is 13.2 Å². The molecule has 0 spiro atoms. The van der Waals surface area contributed by atoms with E-state index in [1.807, 2.05) is 91.0 Å². The monoisotopic (exact) mass is 676 g/mol. The Hall–Kier alpha value is -6.45. The van der Waals surface area contributed by atoms with Crippen molar-refractivity contribution in [2.75, 3.05) is 0 Å². The van der Waals surface area contributed by atoms with E-state index < -0.39 is 11.7 Å². The molecule has 0 fully saturated rings.